The number of hydrogen-bond acceptors (Lipinski definition) is 5. The highest BCUT2D eigenvalue weighted by Gasteiger charge is 2.35. The second-order valence-corrected chi connectivity index (χ2v) is 9.25. The Morgan fingerprint density at radius 2 is 1.74 bits per heavy atom. The molecule has 0 aromatic heterocycles. The van der Waals surface area contributed by atoms with Gasteiger partial charge in [0.25, 0.3) is 11.1 Å². The third-order valence-corrected chi connectivity index (χ3v) is 6.51. The molecule has 0 aliphatic carbocycles. The van der Waals surface area contributed by atoms with E-state index >= 15 is 0 Å². The van der Waals surface area contributed by atoms with Gasteiger partial charge in [-0.3, -0.25) is 14.5 Å². The van der Waals surface area contributed by atoms with Crippen LogP contribution in [0.1, 0.15) is 23.6 Å². The zero-order valence-electron chi connectivity index (χ0n) is 18.3. The second-order valence-electron chi connectivity index (χ2n) is 7.42. The summed E-state index contributed by atoms with van der Waals surface area (Å²) in [6.07, 6.45) is 1.68. The van der Waals surface area contributed by atoms with Crippen molar-refractivity contribution < 1.29 is 19.1 Å². The summed E-state index contributed by atoms with van der Waals surface area (Å²) < 4.78 is 11.7. The molecule has 1 saturated heterocycles. The van der Waals surface area contributed by atoms with Crippen LogP contribution in [0, 0.1) is 0 Å². The van der Waals surface area contributed by atoms with Gasteiger partial charge in [-0.25, -0.2) is 0 Å². The highest BCUT2D eigenvalue weighted by atomic mass is 35.5. The van der Waals surface area contributed by atoms with Crippen LogP contribution in [0.2, 0.25) is 10.0 Å². The lowest BCUT2D eigenvalue weighted by Gasteiger charge is -2.14. The first-order chi connectivity index (χ1) is 16.4. The predicted octanol–water partition coefficient (Wildman–Crippen LogP) is 7.21. The topological polar surface area (TPSA) is 55.8 Å². The summed E-state index contributed by atoms with van der Waals surface area (Å²) in [6.45, 7) is 2.84. The van der Waals surface area contributed by atoms with E-state index in [1.54, 1.807) is 36.4 Å². The van der Waals surface area contributed by atoms with Crippen LogP contribution < -0.4 is 9.47 Å². The molecule has 0 atom stereocenters. The Kier molecular flexibility index (Phi) is 7.83. The Morgan fingerprint density at radius 1 is 0.941 bits per heavy atom. The van der Waals surface area contributed by atoms with Crippen molar-refractivity contribution in [3.63, 3.8) is 0 Å². The van der Waals surface area contributed by atoms with Crippen LogP contribution in [-0.4, -0.2) is 22.7 Å². The summed E-state index contributed by atoms with van der Waals surface area (Å²) in [4.78, 5) is 27.0. The summed E-state index contributed by atoms with van der Waals surface area (Å²) in [7, 11) is 0. The van der Waals surface area contributed by atoms with Crippen LogP contribution in [0.3, 0.4) is 0 Å². The fourth-order valence-corrected chi connectivity index (χ4v) is 4.65. The van der Waals surface area contributed by atoms with E-state index in [4.69, 9.17) is 32.7 Å². The number of nitrogens with zero attached hydrogens (tertiary/aromatic N) is 1. The van der Waals surface area contributed by atoms with Gasteiger partial charge in [0.1, 0.15) is 6.61 Å². The zero-order valence-corrected chi connectivity index (χ0v) is 20.6. The molecular formula is C26H21Cl2NO4S. The van der Waals surface area contributed by atoms with Gasteiger partial charge in [-0.1, -0.05) is 65.7 Å². The van der Waals surface area contributed by atoms with E-state index in [1.807, 2.05) is 43.3 Å². The number of carbonyl (C=O) groups excluding carboxylic acids is 2. The number of benzene rings is 3. The highest BCUT2D eigenvalue weighted by molar-refractivity contribution is 8.18. The molecule has 0 radical (unpaired) electrons. The van der Waals surface area contributed by atoms with Crippen molar-refractivity contribution in [1.82, 2.24) is 4.90 Å². The third kappa shape index (κ3) is 5.76. The molecule has 0 bridgehead atoms. The Morgan fingerprint density at radius 3 is 2.47 bits per heavy atom. The van der Waals surface area contributed by atoms with Crippen molar-refractivity contribution in [3.8, 4) is 11.5 Å². The molecule has 4 rings (SSSR count). The number of imide groups is 1. The molecule has 5 nitrogen and oxygen atoms in total. The maximum absolute atomic E-state index is 12.9. The molecule has 0 unspecified atom stereocenters. The van der Waals surface area contributed by atoms with E-state index in [0.29, 0.717) is 45.2 Å². The summed E-state index contributed by atoms with van der Waals surface area (Å²) >= 11 is 13.0. The van der Waals surface area contributed by atoms with Gasteiger partial charge in [0, 0.05) is 10.0 Å². The van der Waals surface area contributed by atoms with E-state index in [2.05, 4.69) is 0 Å². The lowest BCUT2D eigenvalue weighted by Crippen LogP contribution is -2.27. The number of thioether (sulfide) groups is 1. The van der Waals surface area contributed by atoms with Gasteiger partial charge < -0.3 is 9.47 Å². The molecule has 174 valence electrons. The van der Waals surface area contributed by atoms with Gasteiger partial charge >= 0.3 is 0 Å². The Balaban J connectivity index is 1.51. The summed E-state index contributed by atoms with van der Waals surface area (Å²) in [6, 6.07) is 20.2. The molecule has 3 aromatic rings. The minimum absolute atomic E-state index is 0.0778. The minimum atomic E-state index is -0.372. The Hall–Kier alpha value is -2.93. The van der Waals surface area contributed by atoms with Gasteiger partial charge in [0.2, 0.25) is 0 Å². The smallest absolute Gasteiger partial charge is 0.293 e. The summed E-state index contributed by atoms with van der Waals surface area (Å²) in [5.74, 6) is 0.802. The molecule has 1 aliphatic heterocycles. The number of rotatable bonds is 8. The molecule has 3 aromatic carbocycles. The van der Waals surface area contributed by atoms with Crippen molar-refractivity contribution in [1.29, 1.82) is 0 Å². The van der Waals surface area contributed by atoms with Crippen molar-refractivity contribution in [2.75, 3.05) is 6.61 Å². The maximum atomic E-state index is 12.9. The average molecular weight is 514 g/mol. The van der Waals surface area contributed by atoms with Crippen molar-refractivity contribution in [2.24, 2.45) is 0 Å². The van der Waals surface area contributed by atoms with Crippen molar-refractivity contribution in [3.05, 3.63) is 98.4 Å². The maximum Gasteiger partial charge on any atom is 0.293 e. The third-order valence-electron chi connectivity index (χ3n) is 5.02. The molecule has 34 heavy (non-hydrogen) atoms. The summed E-state index contributed by atoms with van der Waals surface area (Å²) in [5.41, 5.74) is 2.42. The van der Waals surface area contributed by atoms with Crippen LogP contribution >= 0.6 is 35.0 Å². The molecule has 1 heterocycles. The largest absolute Gasteiger partial charge is 0.490 e. The minimum Gasteiger partial charge on any atom is -0.490 e. The number of halogens is 2. The molecule has 1 aliphatic rings. The molecule has 8 heteroatoms. The number of amides is 2. The first-order valence-corrected chi connectivity index (χ1v) is 12.1. The van der Waals surface area contributed by atoms with Crippen LogP contribution in [0.4, 0.5) is 4.79 Å². The quantitative estimate of drug-likeness (QED) is 0.298. The number of carbonyl (C=O) groups is 2. The molecule has 2 amide bonds. The van der Waals surface area contributed by atoms with E-state index < -0.39 is 0 Å². The van der Waals surface area contributed by atoms with Gasteiger partial charge in [-0.05, 0) is 65.7 Å². The van der Waals surface area contributed by atoms with Crippen molar-refractivity contribution in [2.45, 2.75) is 20.1 Å². The van der Waals surface area contributed by atoms with Crippen LogP contribution in [0.25, 0.3) is 6.08 Å². The standard InChI is InChI=1S/C26H21Cl2NO4S/c1-2-32-23-12-18(8-11-22(23)33-16-17-6-4-3-5-7-17)13-24-25(30)29(26(31)34-24)15-19-9-10-20(27)14-21(19)28/h3-14H,2,15-16H2,1H3/b24-13+. The molecular weight excluding hydrogens is 493 g/mol. The summed E-state index contributed by atoms with van der Waals surface area (Å²) in [5, 5.41) is 0.544. The van der Waals surface area contributed by atoms with E-state index in [-0.39, 0.29) is 17.7 Å². The second kappa shape index (κ2) is 11.0. The predicted molar refractivity (Wildman–Crippen MR) is 136 cm³/mol. The normalized spacial score (nSPS) is 14.7. The van der Waals surface area contributed by atoms with Crippen LogP contribution in [0.5, 0.6) is 11.5 Å². The monoisotopic (exact) mass is 513 g/mol. The molecule has 0 saturated carbocycles. The highest BCUT2D eigenvalue weighted by Crippen LogP contribution is 2.36. The lowest BCUT2D eigenvalue weighted by molar-refractivity contribution is -0.123. The van der Waals surface area contributed by atoms with Crippen LogP contribution in [0.15, 0.2) is 71.6 Å². The zero-order chi connectivity index (χ0) is 24.1. The Labute approximate surface area is 212 Å². The van der Waals surface area contributed by atoms with Gasteiger partial charge in [0.05, 0.1) is 18.1 Å². The lowest BCUT2D eigenvalue weighted by atomic mass is 10.1. The molecule has 0 spiro atoms. The van der Waals surface area contributed by atoms with Crippen molar-refractivity contribution >= 4 is 52.2 Å². The van der Waals surface area contributed by atoms with Gasteiger partial charge in [-0.15, -0.1) is 0 Å². The number of hydrogen-bond donors (Lipinski definition) is 0. The van der Waals surface area contributed by atoms with E-state index in [9.17, 15) is 9.59 Å². The average Bonchev–Trinajstić information content (AvgIpc) is 3.08. The van der Waals surface area contributed by atoms with Crippen LogP contribution in [-0.2, 0) is 17.9 Å². The fourth-order valence-electron chi connectivity index (χ4n) is 3.35. The van der Waals surface area contributed by atoms with E-state index in [1.165, 1.54) is 4.90 Å². The SMILES string of the molecule is CCOc1cc(/C=C2/SC(=O)N(Cc3ccc(Cl)cc3Cl)C2=O)ccc1OCc1ccccc1. The molecule has 0 N–H and O–H groups in total. The first kappa shape index (κ1) is 24.2. The van der Waals surface area contributed by atoms with E-state index in [0.717, 1.165) is 22.9 Å². The molecule has 1 fully saturated rings. The van der Waals surface area contributed by atoms with Gasteiger partial charge in [0.15, 0.2) is 11.5 Å². The van der Waals surface area contributed by atoms with Gasteiger partial charge in [-0.2, -0.15) is 0 Å². The Bertz CT molecular complexity index is 1250. The number of ether oxygens (including phenoxy) is 2. The fraction of sp³-hybridized carbons (Fsp3) is 0.154. The first-order valence-electron chi connectivity index (χ1n) is 10.6.